The van der Waals surface area contributed by atoms with Gasteiger partial charge in [0.2, 0.25) is 0 Å². The third-order valence-corrected chi connectivity index (χ3v) is 4.39. The summed E-state index contributed by atoms with van der Waals surface area (Å²) in [6, 6.07) is -9.15. The van der Waals surface area contributed by atoms with E-state index < -0.39 is 100 Å². The fourth-order valence-corrected chi connectivity index (χ4v) is 2.86. The third-order valence-electron chi connectivity index (χ3n) is 4.39. The van der Waals surface area contributed by atoms with Crippen LogP contribution in [-0.4, -0.2) is 0 Å². The van der Waals surface area contributed by atoms with Crippen molar-refractivity contribution < 1.29 is 25.0 Å². The van der Waals surface area contributed by atoms with E-state index in [1.807, 2.05) is 0 Å². The first-order chi connectivity index (χ1) is 20.7. The normalized spacial score (nSPS) is 18.8. The third kappa shape index (κ3) is 3.46. The molecule has 0 saturated heterocycles. The predicted molar refractivity (Wildman–Crippen MR) is 128 cm³/mol. The van der Waals surface area contributed by atoms with E-state index in [1.54, 1.807) is 20.8 Å². The van der Waals surface area contributed by atoms with Crippen LogP contribution in [0.1, 0.15) is 46.9 Å². The summed E-state index contributed by atoms with van der Waals surface area (Å²) in [5.74, 6) is 0. The smallest absolute Gasteiger partial charge is 0.135 e. The van der Waals surface area contributed by atoms with Crippen molar-refractivity contribution in [3.63, 3.8) is 0 Å². The van der Waals surface area contributed by atoms with Gasteiger partial charge >= 0.3 is 0 Å². The standard InChI is InChI=1S/C28H25NO/c1-28(2,3)21-12-14-24-25-18-23(13-15-26(25)30-27(24)17-21)29-22-11-7-10-20(16-22)19-8-5-4-6-9-19/h4-18,29H,1-3H3/i4D,5D,6D,7D,8D,9D,10D,11D,12D,13D,14D,15D,16D,17D,18D. The Morgan fingerprint density at radius 1 is 0.667 bits per heavy atom. The molecule has 0 radical (unpaired) electrons. The summed E-state index contributed by atoms with van der Waals surface area (Å²) in [5.41, 5.74) is -2.99. The first-order valence-corrected chi connectivity index (χ1v) is 9.16. The highest BCUT2D eigenvalue weighted by atomic mass is 16.3. The van der Waals surface area contributed by atoms with Gasteiger partial charge in [-0.3, -0.25) is 0 Å². The molecule has 1 heterocycles. The highest BCUT2D eigenvalue weighted by Crippen LogP contribution is 2.34. The molecule has 30 heavy (non-hydrogen) atoms. The zero-order valence-corrected chi connectivity index (χ0v) is 16.4. The molecule has 0 aliphatic rings. The minimum Gasteiger partial charge on any atom is -0.456 e. The lowest BCUT2D eigenvalue weighted by atomic mass is 9.87. The molecule has 2 nitrogen and oxygen atoms in total. The Kier molecular flexibility index (Phi) is 1.96. The Balaban J connectivity index is 1.85. The second-order valence-electron chi connectivity index (χ2n) is 7.64. The number of furan rings is 1. The number of fused-ring (bicyclic) bond motifs is 3. The van der Waals surface area contributed by atoms with Crippen molar-refractivity contribution in [1.82, 2.24) is 0 Å². The van der Waals surface area contributed by atoms with Crippen LogP contribution in [0.2, 0.25) is 0 Å². The molecule has 5 rings (SSSR count). The number of nitrogens with one attached hydrogen (secondary N) is 1. The number of anilines is 2. The van der Waals surface area contributed by atoms with Gasteiger partial charge in [-0.1, -0.05) is 75.2 Å². The van der Waals surface area contributed by atoms with Crippen molar-refractivity contribution in [2.45, 2.75) is 26.2 Å². The summed E-state index contributed by atoms with van der Waals surface area (Å²) in [4.78, 5) is 0. The topological polar surface area (TPSA) is 25.2 Å². The SMILES string of the molecule is [2H]c1c([2H])c([2H])c(-c2c([2H])c([2H])c([2H])c(Nc3c([2H])c([2H])c4oc5c([2H])c(C(C)(C)C)c([2H])c([2H])c5c4c3[2H])c2[2H])c([2H])c1[2H]. The molecular weight excluding hydrogens is 366 g/mol. The second-order valence-corrected chi connectivity index (χ2v) is 7.64. The van der Waals surface area contributed by atoms with E-state index in [9.17, 15) is 0 Å². The van der Waals surface area contributed by atoms with E-state index in [1.165, 1.54) is 0 Å². The molecule has 0 saturated carbocycles. The lowest BCUT2D eigenvalue weighted by Gasteiger charge is -2.18. The van der Waals surface area contributed by atoms with Crippen molar-refractivity contribution in [1.29, 1.82) is 0 Å². The fourth-order valence-electron chi connectivity index (χ4n) is 2.86. The van der Waals surface area contributed by atoms with Gasteiger partial charge in [0.25, 0.3) is 0 Å². The van der Waals surface area contributed by atoms with Gasteiger partial charge in [-0.25, -0.2) is 0 Å². The molecule has 0 atom stereocenters. The Hall–Kier alpha value is -3.52. The van der Waals surface area contributed by atoms with Crippen LogP contribution in [0.4, 0.5) is 11.4 Å². The maximum Gasteiger partial charge on any atom is 0.135 e. The van der Waals surface area contributed by atoms with E-state index in [-0.39, 0.29) is 45.6 Å². The highest BCUT2D eigenvalue weighted by Gasteiger charge is 2.16. The van der Waals surface area contributed by atoms with Crippen LogP contribution in [0, 0.1) is 0 Å². The van der Waals surface area contributed by atoms with Crippen LogP contribution in [0.3, 0.4) is 0 Å². The molecule has 4 aromatic carbocycles. The Morgan fingerprint density at radius 3 is 2.23 bits per heavy atom. The van der Waals surface area contributed by atoms with Gasteiger partial charge in [0.15, 0.2) is 0 Å². The quantitative estimate of drug-likeness (QED) is 0.326. The van der Waals surface area contributed by atoms with Crippen LogP contribution >= 0.6 is 0 Å². The van der Waals surface area contributed by atoms with Gasteiger partial charge in [-0.05, 0) is 58.4 Å². The van der Waals surface area contributed by atoms with E-state index in [0.29, 0.717) is 0 Å². The van der Waals surface area contributed by atoms with Gasteiger partial charge in [0, 0.05) is 22.1 Å². The molecule has 148 valence electrons. The molecule has 5 aromatic rings. The van der Waals surface area contributed by atoms with E-state index in [0.717, 1.165) is 0 Å². The Labute approximate surface area is 198 Å². The summed E-state index contributed by atoms with van der Waals surface area (Å²) < 4.78 is 133. The fraction of sp³-hybridized carbons (Fsp3) is 0.143. The van der Waals surface area contributed by atoms with Crippen LogP contribution < -0.4 is 5.32 Å². The van der Waals surface area contributed by atoms with Gasteiger partial charge in [-0.2, -0.15) is 0 Å². The number of hydrogen-bond donors (Lipinski definition) is 1. The molecule has 1 aromatic heterocycles. The van der Waals surface area contributed by atoms with Gasteiger partial charge in [0.1, 0.15) is 11.2 Å². The lowest BCUT2D eigenvalue weighted by molar-refractivity contribution is 0.587. The van der Waals surface area contributed by atoms with E-state index in [4.69, 9.17) is 25.0 Å². The Bertz CT molecular complexity index is 2100. The summed E-state index contributed by atoms with van der Waals surface area (Å²) in [7, 11) is 0. The highest BCUT2D eigenvalue weighted by molar-refractivity contribution is 6.06. The van der Waals surface area contributed by atoms with Gasteiger partial charge < -0.3 is 9.73 Å². The summed E-state index contributed by atoms with van der Waals surface area (Å²) in [6.07, 6.45) is 0. The first-order valence-electron chi connectivity index (χ1n) is 16.7. The van der Waals surface area contributed by atoms with Crippen LogP contribution in [0.25, 0.3) is 33.1 Å². The molecule has 0 aliphatic carbocycles. The molecule has 0 unspecified atom stereocenters. The summed E-state index contributed by atoms with van der Waals surface area (Å²) in [6.45, 7) is 5.29. The van der Waals surface area contributed by atoms with Crippen molar-refractivity contribution in [3.8, 4) is 11.1 Å². The maximum atomic E-state index is 8.97. The predicted octanol–water partition coefficient (Wildman–Crippen LogP) is 8.29. The van der Waals surface area contributed by atoms with Gasteiger partial charge in [-0.15, -0.1) is 0 Å². The van der Waals surface area contributed by atoms with Crippen molar-refractivity contribution >= 4 is 33.3 Å². The molecule has 0 bridgehead atoms. The largest absolute Gasteiger partial charge is 0.456 e. The van der Waals surface area contributed by atoms with Gasteiger partial charge in [0.05, 0.1) is 20.6 Å². The molecule has 0 aliphatic heterocycles. The molecule has 0 amide bonds. The summed E-state index contributed by atoms with van der Waals surface area (Å²) >= 11 is 0. The van der Waals surface area contributed by atoms with E-state index in [2.05, 4.69) is 5.32 Å². The number of hydrogen-bond acceptors (Lipinski definition) is 2. The molecule has 1 N–H and O–H groups in total. The number of rotatable bonds is 3. The average molecular weight is 407 g/mol. The minimum absolute atomic E-state index is 0.103. The zero-order valence-electron chi connectivity index (χ0n) is 31.4. The average Bonchev–Trinajstić information content (AvgIpc) is 3.38. The zero-order chi connectivity index (χ0) is 33.8. The summed E-state index contributed by atoms with van der Waals surface area (Å²) in [5, 5.41) is 2.32. The van der Waals surface area contributed by atoms with Crippen LogP contribution in [0.15, 0.2) is 95.1 Å². The van der Waals surface area contributed by atoms with Crippen molar-refractivity contribution in [2.75, 3.05) is 5.32 Å². The van der Waals surface area contributed by atoms with Crippen LogP contribution in [-0.2, 0) is 5.41 Å². The van der Waals surface area contributed by atoms with Crippen LogP contribution in [0.5, 0.6) is 0 Å². The molecule has 0 fully saturated rings. The van der Waals surface area contributed by atoms with E-state index >= 15 is 0 Å². The van der Waals surface area contributed by atoms with Crippen molar-refractivity contribution in [3.05, 3.63) is 96.2 Å². The Morgan fingerprint density at radius 2 is 1.43 bits per heavy atom. The maximum absolute atomic E-state index is 8.97. The molecular formula is C28H25NO. The molecule has 0 spiro atoms. The minimum atomic E-state index is -0.768. The lowest BCUT2D eigenvalue weighted by Crippen LogP contribution is -2.10. The second kappa shape index (κ2) is 7.07. The molecule has 2 heteroatoms. The monoisotopic (exact) mass is 406 g/mol. The first kappa shape index (κ1) is 8.31. The number of benzene rings is 4. The van der Waals surface area contributed by atoms with Crippen molar-refractivity contribution in [2.24, 2.45) is 0 Å².